The fourth-order valence-corrected chi connectivity index (χ4v) is 4.38. The van der Waals surface area contributed by atoms with Gasteiger partial charge in [-0.05, 0) is 61.9 Å². The van der Waals surface area contributed by atoms with Crippen molar-refractivity contribution in [2.75, 3.05) is 36.5 Å². The molecule has 6 nitrogen and oxygen atoms in total. The Kier molecular flexibility index (Phi) is 5.38. The van der Waals surface area contributed by atoms with E-state index < -0.39 is 10.0 Å². The highest BCUT2D eigenvalue weighted by Crippen LogP contribution is 2.25. The molecule has 140 valence electrons. The number of benzene rings is 2. The number of aryl methyl sites for hydroxylation is 1. The maximum absolute atomic E-state index is 12.7. The zero-order chi connectivity index (χ0) is 18.7. The zero-order valence-electron chi connectivity index (χ0n) is 15.2. The van der Waals surface area contributed by atoms with E-state index in [1.54, 1.807) is 44.4 Å². The second-order valence-corrected chi connectivity index (χ2v) is 8.05. The third-order valence-electron chi connectivity index (χ3n) is 4.49. The Morgan fingerprint density at radius 2 is 1.92 bits per heavy atom. The van der Waals surface area contributed by atoms with Crippen LogP contribution in [-0.4, -0.2) is 41.3 Å². The summed E-state index contributed by atoms with van der Waals surface area (Å²) in [7, 11) is -2.10. The summed E-state index contributed by atoms with van der Waals surface area (Å²) in [5.74, 6) is 0.630. The first-order chi connectivity index (χ1) is 12.4. The number of rotatable bonds is 5. The molecule has 1 N–H and O–H groups in total. The first-order valence-corrected chi connectivity index (χ1v) is 10.0. The molecule has 0 spiro atoms. The van der Waals surface area contributed by atoms with Crippen molar-refractivity contribution < 1.29 is 17.9 Å². The molecule has 0 aliphatic carbocycles. The van der Waals surface area contributed by atoms with E-state index in [0.29, 0.717) is 36.3 Å². The molecule has 2 aromatic carbocycles. The van der Waals surface area contributed by atoms with Crippen LogP contribution in [0.2, 0.25) is 0 Å². The van der Waals surface area contributed by atoms with E-state index in [-0.39, 0.29) is 4.90 Å². The number of methoxy groups -OCH3 is 1. The second-order valence-electron chi connectivity index (χ2n) is 6.40. The standard InChI is InChI=1S/C19H24N2O4S/c1-14-12-18(24-3)8-9-19(14)26(22,23)20-16-4-6-17(7-5-16)21-10-11-25-13-15(21)2/h4-9,12,15,20H,10-11,13H2,1-3H3. The maximum atomic E-state index is 12.7. The van der Waals surface area contributed by atoms with Crippen molar-refractivity contribution in [3.8, 4) is 5.75 Å². The molecule has 2 aromatic rings. The molecule has 1 fully saturated rings. The average Bonchev–Trinajstić information content (AvgIpc) is 2.62. The molecule has 0 aromatic heterocycles. The quantitative estimate of drug-likeness (QED) is 0.869. The van der Waals surface area contributed by atoms with Gasteiger partial charge in [-0.3, -0.25) is 4.72 Å². The summed E-state index contributed by atoms with van der Waals surface area (Å²) in [6.07, 6.45) is 0. The molecular weight excluding hydrogens is 352 g/mol. The number of nitrogens with one attached hydrogen (secondary N) is 1. The maximum Gasteiger partial charge on any atom is 0.262 e. The normalized spacial score (nSPS) is 17.8. The smallest absolute Gasteiger partial charge is 0.262 e. The van der Waals surface area contributed by atoms with Crippen LogP contribution in [0.4, 0.5) is 11.4 Å². The third kappa shape index (κ3) is 3.94. The topological polar surface area (TPSA) is 67.9 Å². The molecule has 0 bridgehead atoms. The lowest BCUT2D eigenvalue weighted by molar-refractivity contribution is 0.0989. The summed E-state index contributed by atoms with van der Waals surface area (Å²) in [6.45, 7) is 6.10. The van der Waals surface area contributed by atoms with Gasteiger partial charge in [0.05, 0.1) is 25.2 Å². The lowest BCUT2D eigenvalue weighted by atomic mass is 10.2. The lowest BCUT2D eigenvalue weighted by Gasteiger charge is -2.35. The van der Waals surface area contributed by atoms with Gasteiger partial charge in [-0.2, -0.15) is 0 Å². The Morgan fingerprint density at radius 1 is 1.19 bits per heavy atom. The fourth-order valence-electron chi connectivity index (χ4n) is 3.09. The molecule has 1 aliphatic heterocycles. The Balaban J connectivity index is 1.78. The van der Waals surface area contributed by atoms with Gasteiger partial charge < -0.3 is 14.4 Å². The summed E-state index contributed by atoms with van der Waals surface area (Å²) >= 11 is 0. The van der Waals surface area contributed by atoms with Crippen LogP contribution in [-0.2, 0) is 14.8 Å². The number of ether oxygens (including phenoxy) is 2. The Bertz CT molecular complexity index is 866. The number of morpholine rings is 1. The minimum atomic E-state index is -3.66. The van der Waals surface area contributed by atoms with Gasteiger partial charge >= 0.3 is 0 Å². The van der Waals surface area contributed by atoms with Gasteiger partial charge in [-0.15, -0.1) is 0 Å². The molecule has 7 heteroatoms. The largest absolute Gasteiger partial charge is 0.497 e. The van der Waals surface area contributed by atoms with Crippen LogP contribution in [0.25, 0.3) is 0 Å². The van der Waals surface area contributed by atoms with E-state index in [2.05, 4.69) is 16.5 Å². The van der Waals surface area contributed by atoms with Crippen molar-refractivity contribution >= 4 is 21.4 Å². The highest BCUT2D eigenvalue weighted by molar-refractivity contribution is 7.92. The molecule has 1 saturated heterocycles. The molecule has 1 aliphatic rings. The van der Waals surface area contributed by atoms with Crippen LogP contribution in [0.5, 0.6) is 5.75 Å². The average molecular weight is 376 g/mol. The van der Waals surface area contributed by atoms with Gasteiger partial charge in [0.2, 0.25) is 0 Å². The Hall–Kier alpha value is -2.25. The van der Waals surface area contributed by atoms with Crippen LogP contribution >= 0.6 is 0 Å². The van der Waals surface area contributed by atoms with Gasteiger partial charge in [0, 0.05) is 24.0 Å². The number of anilines is 2. The highest BCUT2D eigenvalue weighted by Gasteiger charge is 2.20. The first kappa shape index (κ1) is 18.5. The summed E-state index contributed by atoms with van der Waals surface area (Å²) in [5, 5.41) is 0. The van der Waals surface area contributed by atoms with E-state index >= 15 is 0 Å². The first-order valence-electron chi connectivity index (χ1n) is 8.52. The predicted octanol–water partition coefficient (Wildman–Crippen LogP) is 3.03. The fraction of sp³-hybridized carbons (Fsp3) is 0.368. The van der Waals surface area contributed by atoms with Crippen molar-refractivity contribution in [3.05, 3.63) is 48.0 Å². The number of hydrogen-bond donors (Lipinski definition) is 1. The zero-order valence-corrected chi connectivity index (χ0v) is 16.0. The van der Waals surface area contributed by atoms with Crippen LogP contribution in [0, 0.1) is 6.92 Å². The highest BCUT2D eigenvalue weighted by atomic mass is 32.2. The molecule has 3 rings (SSSR count). The van der Waals surface area contributed by atoms with Crippen LogP contribution in [0.3, 0.4) is 0 Å². The molecular formula is C19H24N2O4S. The number of sulfonamides is 1. The summed E-state index contributed by atoms with van der Waals surface area (Å²) < 4.78 is 38.6. The van der Waals surface area contributed by atoms with Gasteiger partial charge in [0.1, 0.15) is 5.75 Å². The Morgan fingerprint density at radius 3 is 2.54 bits per heavy atom. The third-order valence-corrected chi connectivity index (χ3v) is 6.03. The summed E-state index contributed by atoms with van der Waals surface area (Å²) in [5.41, 5.74) is 2.23. The lowest BCUT2D eigenvalue weighted by Crippen LogP contribution is -2.43. The van der Waals surface area contributed by atoms with E-state index in [1.807, 2.05) is 12.1 Å². The molecule has 1 unspecified atom stereocenters. The molecule has 0 radical (unpaired) electrons. The van der Waals surface area contributed by atoms with E-state index in [0.717, 1.165) is 12.2 Å². The van der Waals surface area contributed by atoms with E-state index in [1.165, 1.54) is 0 Å². The Labute approximate surface area is 154 Å². The number of nitrogens with zero attached hydrogens (tertiary/aromatic N) is 1. The van der Waals surface area contributed by atoms with Crippen molar-refractivity contribution in [3.63, 3.8) is 0 Å². The SMILES string of the molecule is COc1ccc(S(=O)(=O)Nc2ccc(N3CCOCC3C)cc2)c(C)c1. The minimum absolute atomic E-state index is 0.240. The molecule has 1 atom stereocenters. The monoisotopic (exact) mass is 376 g/mol. The summed E-state index contributed by atoms with van der Waals surface area (Å²) in [6, 6.07) is 12.6. The molecule has 1 heterocycles. The minimum Gasteiger partial charge on any atom is -0.497 e. The van der Waals surface area contributed by atoms with E-state index in [4.69, 9.17) is 9.47 Å². The van der Waals surface area contributed by atoms with Crippen LogP contribution in [0.15, 0.2) is 47.4 Å². The van der Waals surface area contributed by atoms with Gasteiger partial charge in [0.15, 0.2) is 0 Å². The molecule has 0 saturated carbocycles. The van der Waals surface area contributed by atoms with Crippen molar-refractivity contribution in [2.45, 2.75) is 24.8 Å². The second kappa shape index (κ2) is 7.55. The molecule has 0 amide bonds. The van der Waals surface area contributed by atoms with Crippen LogP contribution < -0.4 is 14.4 Å². The van der Waals surface area contributed by atoms with Gasteiger partial charge in [-0.25, -0.2) is 8.42 Å². The van der Waals surface area contributed by atoms with Crippen molar-refractivity contribution in [2.24, 2.45) is 0 Å². The van der Waals surface area contributed by atoms with Crippen molar-refractivity contribution in [1.82, 2.24) is 0 Å². The van der Waals surface area contributed by atoms with Crippen molar-refractivity contribution in [1.29, 1.82) is 0 Å². The predicted molar refractivity (Wildman–Crippen MR) is 103 cm³/mol. The molecule has 26 heavy (non-hydrogen) atoms. The van der Waals surface area contributed by atoms with Gasteiger partial charge in [-0.1, -0.05) is 0 Å². The van der Waals surface area contributed by atoms with Crippen LogP contribution in [0.1, 0.15) is 12.5 Å². The van der Waals surface area contributed by atoms with E-state index in [9.17, 15) is 8.42 Å². The number of hydrogen-bond acceptors (Lipinski definition) is 5. The summed E-state index contributed by atoms with van der Waals surface area (Å²) in [4.78, 5) is 2.50. The van der Waals surface area contributed by atoms with Gasteiger partial charge in [0.25, 0.3) is 10.0 Å².